The number of alkyl halides is 3. The van der Waals surface area contributed by atoms with Gasteiger partial charge in [-0.1, -0.05) is 29.8 Å². The summed E-state index contributed by atoms with van der Waals surface area (Å²) in [4.78, 5) is 21.6. The zero-order valence-corrected chi connectivity index (χ0v) is 19.2. The van der Waals surface area contributed by atoms with Gasteiger partial charge in [0.2, 0.25) is 0 Å². The Labute approximate surface area is 201 Å². The van der Waals surface area contributed by atoms with E-state index in [4.69, 9.17) is 16.7 Å². The molecule has 2 N–H and O–H groups in total. The van der Waals surface area contributed by atoms with Crippen LogP contribution in [0.3, 0.4) is 0 Å². The first-order valence-corrected chi connectivity index (χ1v) is 11.9. The largest absolute Gasteiger partial charge is 0.481 e. The highest BCUT2D eigenvalue weighted by atomic mass is 35.5. The smallest absolute Gasteiger partial charge is 0.417 e. The van der Waals surface area contributed by atoms with Crippen molar-refractivity contribution < 1.29 is 41.4 Å². The van der Waals surface area contributed by atoms with Gasteiger partial charge < -0.3 is 10.2 Å². The van der Waals surface area contributed by atoms with Gasteiger partial charge >= 0.3 is 18.1 Å². The molecule has 0 saturated carbocycles. The lowest BCUT2D eigenvalue weighted by atomic mass is 9.86. The Morgan fingerprint density at radius 3 is 2.31 bits per heavy atom. The third kappa shape index (κ3) is 4.39. The first-order chi connectivity index (χ1) is 16.3. The van der Waals surface area contributed by atoms with Crippen molar-refractivity contribution in [2.24, 2.45) is 5.92 Å². The third-order valence-electron chi connectivity index (χ3n) is 5.75. The molecule has 1 unspecified atom stereocenters. The maximum absolute atomic E-state index is 13.7. The van der Waals surface area contributed by atoms with Crippen molar-refractivity contribution >= 4 is 33.6 Å². The quantitative estimate of drug-likeness (QED) is 0.504. The number of aromatic carboxylic acids is 1. The third-order valence-corrected chi connectivity index (χ3v) is 7.89. The molecule has 184 valence electrons. The van der Waals surface area contributed by atoms with Gasteiger partial charge in [0.05, 0.1) is 33.5 Å². The molecule has 0 fully saturated rings. The second kappa shape index (κ2) is 8.68. The summed E-state index contributed by atoms with van der Waals surface area (Å²) in [7, 11) is -5.02. The number of aromatic nitrogens is 2. The van der Waals surface area contributed by atoms with Gasteiger partial charge in [-0.3, -0.25) is 4.79 Å². The molecule has 0 bridgehead atoms. The van der Waals surface area contributed by atoms with Crippen LogP contribution in [0, 0.1) is 5.92 Å². The lowest BCUT2D eigenvalue weighted by Crippen LogP contribution is -2.27. The molecule has 0 radical (unpaired) electrons. The molecular formula is C22H16ClF3N2O6S. The van der Waals surface area contributed by atoms with Gasteiger partial charge in [-0.15, -0.1) is 0 Å². The molecule has 0 amide bonds. The molecule has 3 aromatic rings. The minimum atomic E-state index is -5.04. The van der Waals surface area contributed by atoms with Gasteiger partial charge in [-0.2, -0.15) is 30.8 Å². The minimum Gasteiger partial charge on any atom is -0.481 e. The summed E-state index contributed by atoms with van der Waals surface area (Å²) in [6, 6.07) is 7.89. The Morgan fingerprint density at radius 2 is 1.74 bits per heavy atom. The number of benzene rings is 2. The molecule has 1 aliphatic rings. The zero-order valence-electron chi connectivity index (χ0n) is 17.6. The molecule has 2 aromatic carbocycles. The van der Waals surface area contributed by atoms with E-state index < -0.39 is 49.5 Å². The Kier molecular flexibility index (Phi) is 6.14. The highest BCUT2D eigenvalue weighted by Gasteiger charge is 2.41. The predicted octanol–water partition coefficient (Wildman–Crippen LogP) is 4.35. The number of carbonyl (C=O) groups is 2. The standard InChI is InChI=1S/C22H16ClF3N2O6S/c23-16-3-1-2-15(22(24,25)26)19(16)35(33,34)28-17-10-13(21(31)32)8-9-14(17)18(27-28)11-4-6-12(7-5-11)20(29)30/h1-7,13H,8-10H2,(H,29,30)(H,31,32). The molecule has 13 heteroatoms. The summed E-state index contributed by atoms with van der Waals surface area (Å²) in [6.45, 7) is 0. The molecule has 4 rings (SSSR count). The molecular weight excluding hydrogens is 513 g/mol. The zero-order chi connectivity index (χ0) is 25.7. The van der Waals surface area contributed by atoms with Crippen molar-refractivity contribution in [2.75, 3.05) is 0 Å². The van der Waals surface area contributed by atoms with Crippen molar-refractivity contribution in [2.45, 2.75) is 30.3 Å². The van der Waals surface area contributed by atoms with E-state index in [-0.39, 0.29) is 36.2 Å². The maximum atomic E-state index is 13.7. The lowest BCUT2D eigenvalue weighted by molar-refractivity contribution is -0.142. The number of rotatable bonds is 5. The van der Waals surface area contributed by atoms with Crippen LogP contribution in [0.2, 0.25) is 5.02 Å². The van der Waals surface area contributed by atoms with Crippen LogP contribution in [0.1, 0.15) is 33.6 Å². The Morgan fingerprint density at radius 1 is 1.09 bits per heavy atom. The van der Waals surface area contributed by atoms with Crippen LogP contribution in [0.5, 0.6) is 0 Å². The normalized spacial score (nSPS) is 16.1. The minimum absolute atomic E-state index is 0.0356. The topological polar surface area (TPSA) is 127 Å². The second-order valence-electron chi connectivity index (χ2n) is 7.90. The lowest BCUT2D eigenvalue weighted by Gasteiger charge is -2.21. The number of carboxylic acids is 2. The average Bonchev–Trinajstić information content (AvgIpc) is 3.18. The van der Waals surface area contributed by atoms with E-state index in [0.717, 1.165) is 12.1 Å². The van der Waals surface area contributed by atoms with Crippen molar-refractivity contribution in [1.29, 1.82) is 0 Å². The molecule has 1 atom stereocenters. The number of hydrogen-bond acceptors (Lipinski definition) is 5. The molecule has 1 heterocycles. The molecule has 0 aliphatic heterocycles. The van der Waals surface area contributed by atoms with Crippen LogP contribution in [-0.4, -0.2) is 39.8 Å². The molecule has 8 nitrogen and oxygen atoms in total. The van der Waals surface area contributed by atoms with Crippen LogP contribution in [0.4, 0.5) is 13.2 Å². The van der Waals surface area contributed by atoms with Gasteiger partial charge in [0.1, 0.15) is 4.90 Å². The summed E-state index contributed by atoms with van der Waals surface area (Å²) in [5, 5.41) is 22.0. The predicted molar refractivity (Wildman–Crippen MR) is 117 cm³/mol. The van der Waals surface area contributed by atoms with Crippen molar-refractivity contribution in [3.63, 3.8) is 0 Å². The molecule has 1 aromatic heterocycles. The number of hydrogen-bond donors (Lipinski definition) is 2. The number of nitrogens with zero attached hydrogens (tertiary/aromatic N) is 2. The molecule has 0 spiro atoms. The van der Waals surface area contributed by atoms with Gasteiger partial charge in [0.25, 0.3) is 10.0 Å². The SMILES string of the molecule is O=C(O)c1ccc(-c2nn(S(=O)(=O)c3c(Cl)cccc3C(F)(F)F)c3c2CCC(C(=O)O)C3)cc1. The van der Waals surface area contributed by atoms with Gasteiger partial charge in [0, 0.05) is 17.5 Å². The van der Waals surface area contributed by atoms with Crippen LogP contribution < -0.4 is 0 Å². The first-order valence-electron chi connectivity index (χ1n) is 10.1. The first kappa shape index (κ1) is 24.7. The Balaban J connectivity index is 1.97. The van der Waals surface area contributed by atoms with E-state index in [1.54, 1.807) is 0 Å². The van der Waals surface area contributed by atoms with E-state index in [2.05, 4.69) is 5.10 Å². The highest BCUT2D eigenvalue weighted by Crippen LogP contribution is 2.41. The highest BCUT2D eigenvalue weighted by molar-refractivity contribution is 7.90. The van der Waals surface area contributed by atoms with E-state index >= 15 is 0 Å². The van der Waals surface area contributed by atoms with E-state index in [1.165, 1.54) is 24.3 Å². The fraction of sp³-hybridized carbons (Fsp3) is 0.227. The van der Waals surface area contributed by atoms with Gasteiger partial charge in [-0.05, 0) is 37.1 Å². The molecule has 1 aliphatic carbocycles. The van der Waals surface area contributed by atoms with E-state index in [1.807, 2.05) is 0 Å². The number of halogens is 4. The van der Waals surface area contributed by atoms with Crippen LogP contribution in [-0.2, 0) is 33.8 Å². The summed E-state index contributed by atoms with van der Waals surface area (Å²) in [6.07, 6.45) is -5.06. The Hall–Kier alpha value is -3.38. The number of fused-ring (bicyclic) bond motifs is 1. The molecule has 35 heavy (non-hydrogen) atoms. The van der Waals surface area contributed by atoms with Crippen molar-refractivity contribution in [1.82, 2.24) is 9.19 Å². The average molecular weight is 529 g/mol. The fourth-order valence-electron chi connectivity index (χ4n) is 4.07. The van der Waals surface area contributed by atoms with E-state index in [9.17, 15) is 36.3 Å². The van der Waals surface area contributed by atoms with Gasteiger partial charge in [0.15, 0.2) is 0 Å². The molecule has 0 saturated heterocycles. The fourth-order valence-corrected chi connectivity index (χ4v) is 6.15. The second-order valence-corrected chi connectivity index (χ2v) is 10.0. The maximum Gasteiger partial charge on any atom is 0.417 e. The Bertz CT molecular complexity index is 1450. The van der Waals surface area contributed by atoms with Crippen LogP contribution >= 0.6 is 11.6 Å². The number of carboxylic acid groups (broad SMARTS) is 2. The summed E-state index contributed by atoms with van der Waals surface area (Å²) < 4.78 is 68.6. The van der Waals surface area contributed by atoms with E-state index in [0.29, 0.717) is 21.3 Å². The summed E-state index contributed by atoms with van der Waals surface area (Å²) in [5.74, 6) is -3.33. The summed E-state index contributed by atoms with van der Waals surface area (Å²) in [5.41, 5.74) is -0.795. The van der Waals surface area contributed by atoms with Crippen LogP contribution in [0.25, 0.3) is 11.3 Å². The van der Waals surface area contributed by atoms with Gasteiger partial charge in [-0.25, -0.2) is 4.79 Å². The number of aliphatic carboxylic acids is 1. The van der Waals surface area contributed by atoms with Crippen LogP contribution in [0.15, 0.2) is 47.4 Å². The monoisotopic (exact) mass is 528 g/mol. The van der Waals surface area contributed by atoms with Crippen molar-refractivity contribution in [3.05, 3.63) is 69.9 Å². The van der Waals surface area contributed by atoms with Crippen molar-refractivity contribution in [3.8, 4) is 11.3 Å². The summed E-state index contributed by atoms with van der Waals surface area (Å²) >= 11 is 5.93.